The number of benzene rings is 1. The Morgan fingerprint density at radius 3 is 2.32 bits per heavy atom. The largest absolute Gasteiger partial charge is 0.326 e. The third-order valence-corrected chi connectivity index (χ3v) is 3.70. The lowest BCUT2D eigenvalue weighted by atomic mass is 10.0. The SMILES string of the molecule is CNC(CN1CCN(C)C1=O)c1cc(C)cc(C)c1. The summed E-state index contributed by atoms with van der Waals surface area (Å²) in [5.41, 5.74) is 3.78. The number of urea groups is 1. The van der Waals surface area contributed by atoms with Gasteiger partial charge in [-0.05, 0) is 26.5 Å². The van der Waals surface area contributed by atoms with Crippen LogP contribution in [0.5, 0.6) is 0 Å². The predicted octanol–water partition coefficient (Wildman–Crippen LogP) is 1.93. The van der Waals surface area contributed by atoms with Crippen molar-refractivity contribution in [1.82, 2.24) is 15.1 Å². The minimum absolute atomic E-state index is 0.129. The lowest BCUT2D eigenvalue weighted by Crippen LogP contribution is -2.36. The second-order valence-corrected chi connectivity index (χ2v) is 5.41. The third kappa shape index (κ3) is 3.07. The van der Waals surface area contributed by atoms with Gasteiger partial charge in [-0.2, -0.15) is 0 Å². The standard InChI is InChI=1S/C15H23N3O/c1-11-7-12(2)9-13(8-11)14(16-3)10-18-6-5-17(4)15(18)19/h7-9,14,16H,5-6,10H2,1-4H3. The van der Waals surface area contributed by atoms with E-state index in [0.29, 0.717) is 0 Å². The van der Waals surface area contributed by atoms with Crippen molar-refractivity contribution < 1.29 is 4.79 Å². The van der Waals surface area contributed by atoms with Crippen molar-refractivity contribution in [2.45, 2.75) is 19.9 Å². The van der Waals surface area contributed by atoms with Crippen LogP contribution in [-0.2, 0) is 0 Å². The molecule has 1 atom stereocenters. The number of carbonyl (C=O) groups is 1. The van der Waals surface area contributed by atoms with Gasteiger partial charge >= 0.3 is 6.03 Å². The Balaban J connectivity index is 2.14. The minimum atomic E-state index is 0.129. The van der Waals surface area contributed by atoms with Gasteiger partial charge in [0.1, 0.15) is 0 Å². The monoisotopic (exact) mass is 261 g/mol. The van der Waals surface area contributed by atoms with Gasteiger partial charge in [0, 0.05) is 32.7 Å². The fourth-order valence-corrected chi connectivity index (χ4v) is 2.67. The second kappa shape index (κ2) is 5.61. The van der Waals surface area contributed by atoms with E-state index in [1.807, 2.05) is 19.0 Å². The van der Waals surface area contributed by atoms with Gasteiger partial charge in [0.15, 0.2) is 0 Å². The number of nitrogens with one attached hydrogen (secondary N) is 1. The summed E-state index contributed by atoms with van der Waals surface area (Å²) in [4.78, 5) is 15.6. The number of hydrogen-bond acceptors (Lipinski definition) is 2. The number of hydrogen-bond donors (Lipinski definition) is 1. The van der Waals surface area contributed by atoms with E-state index in [-0.39, 0.29) is 12.1 Å². The molecule has 1 heterocycles. The maximum atomic E-state index is 11.9. The van der Waals surface area contributed by atoms with Crippen molar-refractivity contribution in [3.8, 4) is 0 Å². The summed E-state index contributed by atoms with van der Waals surface area (Å²) in [5, 5.41) is 3.32. The van der Waals surface area contributed by atoms with Gasteiger partial charge in [-0.25, -0.2) is 4.79 Å². The van der Waals surface area contributed by atoms with Crippen molar-refractivity contribution in [3.63, 3.8) is 0 Å². The van der Waals surface area contributed by atoms with Crippen LogP contribution in [0.3, 0.4) is 0 Å². The molecule has 19 heavy (non-hydrogen) atoms. The lowest BCUT2D eigenvalue weighted by Gasteiger charge is -2.24. The van der Waals surface area contributed by atoms with E-state index in [2.05, 4.69) is 37.4 Å². The number of likely N-dealkylation sites (N-methyl/N-ethyl adjacent to an activating group) is 2. The Morgan fingerprint density at radius 1 is 1.21 bits per heavy atom. The molecule has 0 aromatic heterocycles. The summed E-state index contributed by atoms with van der Waals surface area (Å²) in [5.74, 6) is 0. The molecule has 1 aliphatic rings. The zero-order valence-corrected chi connectivity index (χ0v) is 12.2. The van der Waals surface area contributed by atoms with Gasteiger partial charge < -0.3 is 15.1 Å². The molecular formula is C15H23N3O. The normalized spacial score (nSPS) is 17.2. The molecule has 1 N–H and O–H groups in total. The highest BCUT2D eigenvalue weighted by molar-refractivity contribution is 5.76. The zero-order valence-electron chi connectivity index (χ0n) is 12.2. The van der Waals surface area contributed by atoms with Crippen LogP contribution in [0.15, 0.2) is 18.2 Å². The van der Waals surface area contributed by atoms with Crippen LogP contribution in [-0.4, -0.2) is 49.6 Å². The molecule has 1 aromatic carbocycles. The van der Waals surface area contributed by atoms with Crippen LogP contribution in [0.1, 0.15) is 22.7 Å². The van der Waals surface area contributed by atoms with Crippen molar-refractivity contribution in [3.05, 3.63) is 34.9 Å². The first-order valence-corrected chi connectivity index (χ1v) is 6.76. The molecule has 0 aliphatic carbocycles. The van der Waals surface area contributed by atoms with E-state index in [1.165, 1.54) is 16.7 Å². The quantitative estimate of drug-likeness (QED) is 0.899. The molecule has 1 fully saturated rings. The molecule has 4 heteroatoms. The second-order valence-electron chi connectivity index (χ2n) is 5.41. The first-order valence-electron chi connectivity index (χ1n) is 6.76. The summed E-state index contributed by atoms with van der Waals surface area (Å²) in [6, 6.07) is 6.88. The fourth-order valence-electron chi connectivity index (χ4n) is 2.67. The number of rotatable bonds is 4. The summed E-state index contributed by atoms with van der Waals surface area (Å²) in [6.07, 6.45) is 0. The van der Waals surface area contributed by atoms with Crippen LogP contribution < -0.4 is 5.32 Å². The fraction of sp³-hybridized carbons (Fsp3) is 0.533. The zero-order chi connectivity index (χ0) is 14.0. The molecule has 0 saturated carbocycles. The number of amides is 2. The van der Waals surface area contributed by atoms with Crippen LogP contribution >= 0.6 is 0 Å². The van der Waals surface area contributed by atoms with Gasteiger partial charge in [0.2, 0.25) is 0 Å². The van der Waals surface area contributed by atoms with E-state index in [4.69, 9.17) is 0 Å². The maximum Gasteiger partial charge on any atom is 0.319 e. The molecule has 0 bridgehead atoms. The molecule has 1 unspecified atom stereocenters. The Kier molecular flexibility index (Phi) is 4.10. The van der Waals surface area contributed by atoms with Gasteiger partial charge in [-0.15, -0.1) is 0 Å². The van der Waals surface area contributed by atoms with Crippen molar-refractivity contribution in [2.75, 3.05) is 33.7 Å². The molecule has 0 spiro atoms. The molecule has 2 amide bonds. The minimum Gasteiger partial charge on any atom is -0.326 e. The van der Waals surface area contributed by atoms with Crippen LogP contribution in [0.4, 0.5) is 4.79 Å². The number of nitrogens with zero attached hydrogens (tertiary/aromatic N) is 2. The summed E-state index contributed by atoms with van der Waals surface area (Å²) < 4.78 is 0. The third-order valence-electron chi connectivity index (χ3n) is 3.70. The topological polar surface area (TPSA) is 35.6 Å². The smallest absolute Gasteiger partial charge is 0.319 e. The van der Waals surface area contributed by atoms with E-state index in [1.54, 1.807) is 4.90 Å². The highest BCUT2D eigenvalue weighted by Crippen LogP contribution is 2.19. The average molecular weight is 261 g/mol. The molecule has 1 saturated heterocycles. The van der Waals surface area contributed by atoms with Crippen molar-refractivity contribution >= 4 is 6.03 Å². The Hall–Kier alpha value is -1.55. The van der Waals surface area contributed by atoms with Gasteiger partial charge in [-0.3, -0.25) is 0 Å². The Labute approximate surface area is 115 Å². The predicted molar refractivity (Wildman–Crippen MR) is 77.3 cm³/mol. The lowest BCUT2D eigenvalue weighted by molar-refractivity contribution is 0.194. The molecule has 2 rings (SSSR count). The van der Waals surface area contributed by atoms with E-state index in [9.17, 15) is 4.79 Å². The maximum absolute atomic E-state index is 11.9. The van der Waals surface area contributed by atoms with E-state index < -0.39 is 0 Å². The Morgan fingerprint density at radius 2 is 1.84 bits per heavy atom. The summed E-state index contributed by atoms with van der Waals surface area (Å²) >= 11 is 0. The van der Waals surface area contributed by atoms with E-state index in [0.717, 1.165) is 19.6 Å². The molecule has 0 radical (unpaired) electrons. The summed E-state index contributed by atoms with van der Waals surface area (Å²) in [7, 11) is 3.81. The number of aryl methyl sites for hydroxylation is 2. The first-order chi connectivity index (χ1) is 9.01. The van der Waals surface area contributed by atoms with Gasteiger partial charge in [-0.1, -0.05) is 29.3 Å². The number of carbonyl (C=O) groups excluding carboxylic acids is 1. The molecule has 4 nitrogen and oxygen atoms in total. The first kappa shape index (κ1) is 13.9. The van der Waals surface area contributed by atoms with Crippen LogP contribution in [0.25, 0.3) is 0 Å². The average Bonchev–Trinajstić information content (AvgIpc) is 2.66. The molecule has 1 aliphatic heterocycles. The molecule has 104 valence electrons. The highest BCUT2D eigenvalue weighted by Gasteiger charge is 2.27. The molecule has 1 aromatic rings. The van der Waals surface area contributed by atoms with Crippen LogP contribution in [0.2, 0.25) is 0 Å². The van der Waals surface area contributed by atoms with Gasteiger partial charge in [0.25, 0.3) is 0 Å². The summed E-state index contributed by atoms with van der Waals surface area (Å²) in [6.45, 7) is 6.58. The Bertz CT molecular complexity index is 452. The van der Waals surface area contributed by atoms with Crippen molar-refractivity contribution in [2.24, 2.45) is 0 Å². The van der Waals surface area contributed by atoms with Gasteiger partial charge in [0.05, 0.1) is 0 Å². The van der Waals surface area contributed by atoms with Crippen LogP contribution in [0, 0.1) is 13.8 Å². The van der Waals surface area contributed by atoms with E-state index >= 15 is 0 Å². The van der Waals surface area contributed by atoms with Crippen molar-refractivity contribution in [1.29, 1.82) is 0 Å². The molecular weight excluding hydrogens is 238 g/mol. The highest BCUT2D eigenvalue weighted by atomic mass is 16.2.